The van der Waals surface area contributed by atoms with Crippen molar-refractivity contribution in [3.8, 4) is 0 Å². The lowest BCUT2D eigenvalue weighted by Gasteiger charge is -2.32. The van der Waals surface area contributed by atoms with Crippen LogP contribution in [0.25, 0.3) is 0 Å². The largest absolute Gasteiger partial charge is 0.331 e. The average Bonchev–Trinajstić information content (AvgIpc) is 2.16. The zero-order valence-corrected chi connectivity index (χ0v) is 11.8. The van der Waals surface area contributed by atoms with Crippen molar-refractivity contribution < 1.29 is 14.4 Å². The molecule has 0 saturated carbocycles. The van der Waals surface area contributed by atoms with Gasteiger partial charge >= 0.3 is 7.60 Å². The maximum absolute atomic E-state index is 11.5. The van der Waals surface area contributed by atoms with Gasteiger partial charge in [0.2, 0.25) is 0 Å². The van der Waals surface area contributed by atoms with E-state index in [1.165, 1.54) is 0 Å². The zero-order valence-electron chi connectivity index (χ0n) is 10.9. The van der Waals surface area contributed by atoms with Crippen molar-refractivity contribution in [1.82, 2.24) is 5.32 Å². The molecule has 0 aliphatic carbocycles. The third-order valence-electron chi connectivity index (χ3n) is 3.25. The molecule has 0 aromatic heterocycles. The highest BCUT2D eigenvalue weighted by Gasteiger charge is 2.42. The Morgan fingerprint density at radius 3 is 2.06 bits per heavy atom. The lowest BCUT2D eigenvalue weighted by molar-refractivity contribution is 0.302. The van der Waals surface area contributed by atoms with Crippen molar-refractivity contribution in [2.24, 2.45) is 5.92 Å². The molecule has 4 nitrogen and oxygen atoms in total. The van der Waals surface area contributed by atoms with Gasteiger partial charge in [-0.3, -0.25) is 4.57 Å². The number of hydrogen-bond acceptors (Lipinski definition) is 2. The molecule has 0 spiro atoms. The second kappa shape index (κ2) is 6.75. The van der Waals surface area contributed by atoms with Gasteiger partial charge in [0.15, 0.2) is 0 Å². The highest BCUT2D eigenvalue weighted by molar-refractivity contribution is 7.53. The van der Waals surface area contributed by atoms with Crippen LogP contribution < -0.4 is 5.32 Å². The van der Waals surface area contributed by atoms with E-state index in [0.717, 1.165) is 6.54 Å². The average molecular weight is 251 g/mol. The summed E-state index contributed by atoms with van der Waals surface area (Å²) in [5.74, 6) is 0.563. The van der Waals surface area contributed by atoms with E-state index in [4.69, 9.17) is 0 Å². The molecule has 16 heavy (non-hydrogen) atoms. The number of nitrogens with one attached hydrogen (secondary N) is 1. The molecule has 0 bridgehead atoms. The first-order chi connectivity index (χ1) is 7.29. The first-order valence-electron chi connectivity index (χ1n) is 6.05. The Balaban J connectivity index is 4.30. The molecule has 0 amide bonds. The summed E-state index contributed by atoms with van der Waals surface area (Å²) in [5, 5.41) is 2.40. The molecule has 0 aliphatic rings. The quantitative estimate of drug-likeness (QED) is 0.457. The summed E-state index contributed by atoms with van der Waals surface area (Å²) in [6.45, 7) is 9.50. The van der Waals surface area contributed by atoms with Crippen LogP contribution in [0.4, 0.5) is 0 Å². The Labute approximate surface area is 99.0 Å². The van der Waals surface area contributed by atoms with Gasteiger partial charge in [-0.15, -0.1) is 0 Å². The fourth-order valence-corrected chi connectivity index (χ4v) is 3.10. The number of rotatable bonds is 8. The van der Waals surface area contributed by atoms with Gasteiger partial charge in [0.05, 0.1) is 5.16 Å². The van der Waals surface area contributed by atoms with Gasteiger partial charge in [0.25, 0.3) is 0 Å². The van der Waals surface area contributed by atoms with Crippen LogP contribution >= 0.6 is 7.60 Å². The second-order valence-corrected chi connectivity index (χ2v) is 6.86. The standard InChI is InChI=1S/C11H26NO3P/c1-5-11(6-2,16(13,14)15)7-8-12-9-10(3)4/h10,12H,5-9H2,1-4H3,(H2,13,14,15). The van der Waals surface area contributed by atoms with Gasteiger partial charge < -0.3 is 15.1 Å². The Bertz CT molecular complexity index is 233. The molecule has 0 aliphatic heterocycles. The van der Waals surface area contributed by atoms with E-state index >= 15 is 0 Å². The van der Waals surface area contributed by atoms with E-state index in [9.17, 15) is 14.4 Å². The number of hydrogen-bond donors (Lipinski definition) is 3. The normalized spacial score (nSPS) is 13.4. The Hall–Kier alpha value is 0.110. The van der Waals surface area contributed by atoms with E-state index in [0.29, 0.717) is 31.7 Å². The second-order valence-electron chi connectivity index (χ2n) is 4.82. The minimum absolute atomic E-state index is 0.525. The molecule has 98 valence electrons. The summed E-state index contributed by atoms with van der Waals surface area (Å²) in [5.41, 5.74) is 0. The van der Waals surface area contributed by atoms with Crippen LogP contribution in [-0.2, 0) is 4.57 Å². The van der Waals surface area contributed by atoms with E-state index in [2.05, 4.69) is 19.2 Å². The monoisotopic (exact) mass is 251 g/mol. The molecule has 3 N–H and O–H groups in total. The summed E-state index contributed by atoms with van der Waals surface area (Å²) in [6.07, 6.45) is 1.59. The van der Waals surface area contributed by atoms with E-state index in [1.807, 2.05) is 13.8 Å². The summed E-state index contributed by atoms with van der Waals surface area (Å²) < 4.78 is 11.5. The maximum atomic E-state index is 11.5. The molecule has 0 rings (SSSR count). The van der Waals surface area contributed by atoms with Crippen LogP contribution in [0.1, 0.15) is 47.0 Å². The molecule has 0 atom stereocenters. The van der Waals surface area contributed by atoms with Crippen molar-refractivity contribution in [2.45, 2.75) is 52.1 Å². The fourth-order valence-electron chi connectivity index (χ4n) is 1.87. The van der Waals surface area contributed by atoms with Crippen molar-refractivity contribution >= 4 is 7.60 Å². The van der Waals surface area contributed by atoms with Crippen molar-refractivity contribution in [3.05, 3.63) is 0 Å². The third kappa shape index (κ3) is 4.54. The van der Waals surface area contributed by atoms with Gasteiger partial charge in [-0.25, -0.2) is 0 Å². The summed E-state index contributed by atoms with van der Waals surface area (Å²) >= 11 is 0. The predicted molar refractivity (Wildman–Crippen MR) is 67.7 cm³/mol. The zero-order chi connectivity index (χ0) is 12.8. The lowest BCUT2D eigenvalue weighted by atomic mass is 9.98. The summed E-state index contributed by atoms with van der Waals surface area (Å²) in [7, 11) is -4.01. The van der Waals surface area contributed by atoms with Crippen LogP contribution in [-0.4, -0.2) is 28.0 Å². The van der Waals surface area contributed by atoms with Crippen LogP contribution in [0, 0.1) is 5.92 Å². The molecule has 5 heteroatoms. The van der Waals surface area contributed by atoms with Crippen LogP contribution in [0.15, 0.2) is 0 Å². The topological polar surface area (TPSA) is 69.6 Å². The molecule has 0 unspecified atom stereocenters. The summed E-state index contributed by atoms with van der Waals surface area (Å²) in [4.78, 5) is 18.8. The molecule has 0 radical (unpaired) electrons. The van der Waals surface area contributed by atoms with Gasteiger partial charge in [-0.2, -0.15) is 0 Å². The van der Waals surface area contributed by atoms with E-state index in [1.54, 1.807) is 0 Å². The van der Waals surface area contributed by atoms with Gasteiger partial charge in [-0.05, 0) is 38.3 Å². The predicted octanol–water partition coefficient (Wildman–Crippen LogP) is 2.36. The first-order valence-corrected chi connectivity index (χ1v) is 7.66. The van der Waals surface area contributed by atoms with E-state index in [-0.39, 0.29) is 0 Å². The smallest absolute Gasteiger partial charge is 0.324 e. The molecular formula is C11H26NO3P. The highest BCUT2D eigenvalue weighted by Crippen LogP contribution is 2.56. The minimum Gasteiger partial charge on any atom is -0.324 e. The SMILES string of the molecule is CCC(CC)(CCNCC(C)C)P(=O)(O)O. The first kappa shape index (κ1) is 16.1. The fraction of sp³-hybridized carbons (Fsp3) is 1.00. The van der Waals surface area contributed by atoms with Crippen LogP contribution in [0.5, 0.6) is 0 Å². The molecule has 0 aromatic rings. The molecule has 0 saturated heterocycles. The van der Waals surface area contributed by atoms with Gasteiger partial charge in [0, 0.05) is 0 Å². The van der Waals surface area contributed by atoms with Crippen molar-refractivity contribution in [2.75, 3.05) is 13.1 Å². The van der Waals surface area contributed by atoms with E-state index < -0.39 is 12.8 Å². The Morgan fingerprint density at radius 2 is 1.75 bits per heavy atom. The Kier molecular flexibility index (Phi) is 6.80. The minimum atomic E-state index is -4.01. The molecule has 0 fully saturated rings. The molecule has 0 heterocycles. The highest BCUT2D eigenvalue weighted by atomic mass is 31.2. The molecule has 0 aromatic carbocycles. The van der Waals surface area contributed by atoms with Crippen LogP contribution in [0.3, 0.4) is 0 Å². The Morgan fingerprint density at radius 1 is 1.25 bits per heavy atom. The van der Waals surface area contributed by atoms with Gasteiger partial charge in [0.1, 0.15) is 0 Å². The van der Waals surface area contributed by atoms with Crippen LogP contribution in [0.2, 0.25) is 0 Å². The lowest BCUT2D eigenvalue weighted by Crippen LogP contribution is -2.33. The third-order valence-corrected chi connectivity index (χ3v) is 5.35. The van der Waals surface area contributed by atoms with Crippen molar-refractivity contribution in [1.29, 1.82) is 0 Å². The van der Waals surface area contributed by atoms with Crippen molar-refractivity contribution in [3.63, 3.8) is 0 Å². The van der Waals surface area contributed by atoms with Gasteiger partial charge in [-0.1, -0.05) is 27.7 Å². The summed E-state index contributed by atoms with van der Waals surface area (Å²) in [6, 6.07) is 0. The maximum Gasteiger partial charge on any atom is 0.331 e. The molecular weight excluding hydrogens is 225 g/mol.